The van der Waals surface area contributed by atoms with Crippen LogP contribution in [-0.4, -0.2) is 28.3 Å². The van der Waals surface area contributed by atoms with Crippen LogP contribution < -0.4 is 10.6 Å². The maximum atomic E-state index is 11.6. The molecule has 110 valence electrons. The van der Waals surface area contributed by atoms with Crippen LogP contribution in [0.25, 0.3) is 0 Å². The van der Waals surface area contributed by atoms with E-state index < -0.39 is 0 Å². The van der Waals surface area contributed by atoms with Crippen molar-refractivity contribution in [3.63, 3.8) is 0 Å². The summed E-state index contributed by atoms with van der Waals surface area (Å²) in [4.78, 5) is 11.6. The van der Waals surface area contributed by atoms with Crippen molar-refractivity contribution >= 4 is 11.6 Å². The quantitative estimate of drug-likeness (QED) is 0.903. The molecule has 0 aliphatic carbocycles. The molecule has 2 heterocycles. The number of amides is 1. The smallest absolute Gasteiger partial charge is 0.222 e. The van der Waals surface area contributed by atoms with Crippen LogP contribution in [0.3, 0.4) is 0 Å². The summed E-state index contributed by atoms with van der Waals surface area (Å²) in [5, 5.41) is 10.6. The lowest BCUT2D eigenvalue weighted by molar-refractivity contribution is -0.120. The van der Waals surface area contributed by atoms with Crippen LogP contribution >= 0.6 is 0 Å². The zero-order chi connectivity index (χ0) is 14.5. The molecule has 2 N–H and O–H groups in total. The van der Waals surface area contributed by atoms with Crippen LogP contribution in [-0.2, 0) is 11.3 Å². The Morgan fingerprint density at radius 3 is 2.95 bits per heavy atom. The summed E-state index contributed by atoms with van der Waals surface area (Å²) in [6.07, 6.45) is 6.34. The summed E-state index contributed by atoms with van der Waals surface area (Å²) in [5.74, 6) is 0.139. The van der Waals surface area contributed by atoms with Crippen molar-refractivity contribution in [3.8, 4) is 0 Å². The number of benzene rings is 1. The predicted molar refractivity (Wildman–Crippen MR) is 82.0 cm³/mol. The molecule has 1 atom stereocenters. The minimum absolute atomic E-state index is 0.139. The van der Waals surface area contributed by atoms with Crippen molar-refractivity contribution in [2.24, 2.45) is 0 Å². The van der Waals surface area contributed by atoms with E-state index in [9.17, 15) is 4.79 Å². The lowest BCUT2D eigenvalue weighted by Gasteiger charge is -2.16. The van der Waals surface area contributed by atoms with Crippen LogP contribution in [0.1, 0.15) is 24.8 Å². The number of nitrogens with one attached hydrogen (secondary N) is 2. The largest absolute Gasteiger partial charge is 0.382 e. The maximum Gasteiger partial charge on any atom is 0.222 e. The number of hydrogen-bond acceptors (Lipinski definition) is 3. The van der Waals surface area contributed by atoms with Crippen molar-refractivity contribution in [1.82, 2.24) is 15.1 Å². The van der Waals surface area contributed by atoms with Gasteiger partial charge in [-0.2, -0.15) is 5.10 Å². The zero-order valence-corrected chi connectivity index (χ0v) is 12.0. The van der Waals surface area contributed by atoms with Crippen LogP contribution in [0.4, 0.5) is 5.69 Å². The summed E-state index contributed by atoms with van der Waals surface area (Å²) in [7, 11) is 0. The molecule has 5 heteroatoms. The Bertz CT molecular complexity index is 577. The number of carbonyl (C=O) groups excluding carboxylic acids is 1. The monoisotopic (exact) mass is 284 g/mol. The number of carbonyl (C=O) groups is 1. The van der Waals surface area contributed by atoms with Crippen molar-refractivity contribution < 1.29 is 4.79 Å². The highest BCUT2D eigenvalue weighted by molar-refractivity contribution is 5.77. The van der Waals surface area contributed by atoms with Gasteiger partial charge in [-0.25, -0.2) is 0 Å². The van der Waals surface area contributed by atoms with E-state index in [1.165, 1.54) is 5.56 Å². The molecule has 1 aliphatic rings. The second kappa shape index (κ2) is 6.43. The van der Waals surface area contributed by atoms with Gasteiger partial charge in [-0.05, 0) is 36.6 Å². The van der Waals surface area contributed by atoms with E-state index in [4.69, 9.17) is 0 Å². The Kier molecular flexibility index (Phi) is 4.19. The summed E-state index contributed by atoms with van der Waals surface area (Å²) < 4.78 is 1.90. The van der Waals surface area contributed by atoms with Gasteiger partial charge in [0.2, 0.25) is 5.91 Å². The Balaban J connectivity index is 1.60. The number of nitrogens with zero attached hydrogens (tertiary/aromatic N) is 2. The van der Waals surface area contributed by atoms with Crippen molar-refractivity contribution in [3.05, 3.63) is 48.3 Å². The minimum atomic E-state index is 0.139. The molecule has 0 radical (unpaired) electrons. The predicted octanol–water partition coefficient (Wildman–Crippen LogP) is 2.01. The summed E-state index contributed by atoms with van der Waals surface area (Å²) in [5.41, 5.74) is 2.28. The number of anilines is 1. The average molecular weight is 284 g/mol. The topological polar surface area (TPSA) is 59.0 Å². The summed E-state index contributed by atoms with van der Waals surface area (Å²) in [6, 6.07) is 10.5. The second-order valence-electron chi connectivity index (χ2n) is 5.44. The van der Waals surface area contributed by atoms with Crippen molar-refractivity contribution in [2.45, 2.75) is 31.8 Å². The fourth-order valence-electron chi connectivity index (χ4n) is 2.62. The lowest BCUT2D eigenvalue weighted by Crippen LogP contribution is -2.26. The van der Waals surface area contributed by atoms with E-state index in [0.717, 1.165) is 31.6 Å². The molecule has 1 aromatic heterocycles. The maximum absolute atomic E-state index is 11.6. The van der Waals surface area contributed by atoms with E-state index in [1.54, 1.807) is 6.20 Å². The molecule has 1 unspecified atom stereocenters. The molecule has 0 spiro atoms. The molecular formula is C16H20N4O. The zero-order valence-electron chi connectivity index (χ0n) is 12.0. The fourth-order valence-corrected chi connectivity index (χ4v) is 2.62. The molecule has 1 aromatic carbocycles. The average Bonchev–Trinajstić information content (AvgIpc) is 2.90. The third kappa shape index (κ3) is 3.84. The third-order valence-electron chi connectivity index (χ3n) is 3.71. The molecule has 3 rings (SSSR count). The van der Waals surface area contributed by atoms with Gasteiger partial charge in [-0.15, -0.1) is 0 Å². The highest BCUT2D eigenvalue weighted by Gasteiger charge is 2.16. The fraction of sp³-hybridized carbons (Fsp3) is 0.375. The van der Waals surface area contributed by atoms with Gasteiger partial charge in [-0.1, -0.05) is 12.1 Å². The first kappa shape index (κ1) is 13.7. The van der Waals surface area contributed by atoms with Gasteiger partial charge >= 0.3 is 0 Å². The molecule has 0 bridgehead atoms. The highest BCUT2D eigenvalue weighted by Crippen LogP contribution is 2.16. The number of hydrogen-bond donors (Lipinski definition) is 2. The summed E-state index contributed by atoms with van der Waals surface area (Å²) in [6.45, 7) is 1.57. The van der Waals surface area contributed by atoms with Gasteiger partial charge < -0.3 is 10.6 Å². The van der Waals surface area contributed by atoms with Crippen LogP contribution in [0, 0.1) is 0 Å². The van der Waals surface area contributed by atoms with Gasteiger partial charge in [0.25, 0.3) is 0 Å². The Morgan fingerprint density at radius 2 is 2.19 bits per heavy atom. The molecule has 2 aromatic rings. The van der Waals surface area contributed by atoms with Crippen molar-refractivity contribution in [1.29, 1.82) is 0 Å². The SMILES string of the molecule is O=C1CC(Nc2ccc(Cn3cccn3)cc2)CCCN1. The Morgan fingerprint density at radius 1 is 1.33 bits per heavy atom. The van der Waals surface area contributed by atoms with Crippen LogP contribution in [0.5, 0.6) is 0 Å². The summed E-state index contributed by atoms with van der Waals surface area (Å²) >= 11 is 0. The number of aromatic nitrogens is 2. The van der Waals surface area contributed by atoms with E-state index in [1.807, 2.05) is 16.9 Å². The molecule has 1 saturated heterocycles. The minimum Gasteiger partial charge on any atom is -0.382 e. The van der Waals surface area contributed by atoms with Crippen LogP contribution in [0.2, 0.25) is 0 Å². The van der Waals surface area contributed by atoms with E-state index in [2.05, 4.69) is 40.0 Å². The highest BCUT2D eigenvalue weighted by atomic mass is 16.1. The molecule has 1 fully saturated rings. The van der Waals surface area contributed by atoms with Gasteiger partial charge in [0, 0.05) is 37.1 Å². The molecule has 5 nitrogen and oxygen atoms in total. The third-order valence-corrected chi connectivity index (χ3v) is 3.71. The van der Waals surface area contributed by atoms with Gasteiger partial charge in [0.05, 0.1) is 6.54 Å². The first-order valence-corrected chi connectivity index (χ1v) is 7.39. The molecule has 21 heavy (non-hydrogen) atoms. The van der Waals surface area contributed by atoms with Crippen LogP contribution in [0.15, 0.2) is 42.7 Å². The van der Waals surface area contributed by atoms with E-state index in [-0.39, 0.29) is 11.9 Å². The van der Waals surface area contributed by atoms with Gasteiger partial charge in [0.1, 0.15) is 0 Å². The van der Waals surface area contributed by atoms with Gasteiger partial charge in [0.15, 0.2) is 0 Å². The van der Waals surface area contributed by atoms with Crippen molar-refractivity contribution in [2.75, 3.05) is 11.9 Å². The lowest BCUT2D eigenvalue weighted by atomic mass is 10.1. The second-order valence-corrected chi connectivity index (χ2v) is 5.44. The van der Waals surface area contributed by atoms with E-state index >= 15 is 0 Å². The molecule has 1 aliphatic heterocycles. The molecule has 1 amide bonds. The standard InChI is InChI=1S/C16H20N4O/c21-16-11-15(3-1-8-17-16)19-14-6-4-13(5-7-14)12-20-10-2-9-18-20/h2,4-7,9-10,15,19H,1,3,8,11-12H2,(H,17,21). The Labute approximate surface area is 124 Å². The molecule has 0 saturated carbocycles. The number of rotatable bonds is 4. The normalized spacial score (nSPS) is 18.9. The Hall–Kier alpha value is -2.30. The van der Waals surface area contributed by atoms with Gasteiger partial charge in [-0.3, -0.25) is 9.48 Å². The van der Waals surface area contributed by atoms with E-state index in [0.29, 0.717) is 6.42 Å². The molecular weight excluding hydrogens is 264 g/mol. The first-order chi connectivity index (χ1) is 10.3. The first-order valence-electron chi connectivity index (χ1n) is 7.39.